The van der Waals surface area contributed by atoms with Gasteiger partial charge in [0.1, 0.15) is 19.8 Å². The standard InChI is InChI=1S/C33H64NO8P/c1-6-8-10-12-14-15-16-17-18-20-21-23-25-32(35)39-29-31(30-41-43(37,38)40-28-27-34(3,4)5)42-33(36)26-24-22-19-13-11-9-7-2/h7,31H,2,6,8-30H2,1,3-5H3/p+1/t31-/m0/s1. The number of unbranched alkanes of at least 4 members (excludes halogenated alkanes) is 16. The lowest BCUT2D eigenvalue weighted by molar-refractivity contribution is -0.870. The molecule has 0 aromatic rings. The highest BCUT2D eigenvalue weighted by atomic mass is 31.2. The molecule has 0 heterocycles. The minimum absolute atomic E-state index is 0.0303. The predicted octanol–water partition coefficient (Wildman–Crippen LogP) is 8.29. The van der Waals surface area contributed by atoms with E-state index >= 15 is 0 Å². The van der Waals surface area contributed by atoms with Crippen molar-refractivity contribution in [1.29, 1.82) is 0 Å². The lowest BCUT2D eigenvalue weighted by Crippen LogP contribution is -2.37. The third-order valence-corrected chi connectivity index (χ3v) is 8.18. The Hall–Kier alpha value is -1.25. The smallest absolute Gasteiger partial charge is 0.462 e. The molecule has 0 saturated carbocycles. The first-order valence-corrected chi connectivity index (χ1v) is 18.4. The number of carbonyl (C=O) groups is 2. The molecule has 0 rings (SSSR count). The molecule has 2 atom stereocenters. The average Bonchev–Trinajstić information content (AvgIpc) is 2.93. The largest absolute Gasteiger partial charge is 0.472 e. The molecule has 0 aromatic carbocycles. The molecule has 0 aliphatic carbocycles. The van der Waals surface area contributed by atoms with Gasteiger partial charge < -0.3 is 18.9 Å². The third-order valence-electron chi connectivity index (χ3n) is 7.19. The number of hydrogen-bond acceptors (Lipinski definition) is 7. The Labute approximate surface area is 263 Å². The van der Waals surface area contributed by atoms with E-state index in [1.807, 2.05) is 27.2 Å². The van der Waals surface area contributed by atoms with E-state index in [9.17, 15) is 19.0 Å². The normalized spacial score (nSPS) is 13.8. The van der Waals surface area contributed by atoms with E-state index in [0.717, 1.165) is 51.4 Å². The lowest BCUT2D eigenvalue weighted by Gasteiger charge is -2.24. The summed E-state index contributed by atoms with van der Waals surface area (Å²) in [7, 11) is 1.46. The van der Waals surface area contributed by atoms with E-state index < -0.39 is 26.5 Å². The van der Waals surface area contributed by atoms with Crippen LogP contribution in [0.2, 0.25) is 0 Å². The van der Waals surface area contributed by atoms with Crippen molar-refractivity contribution in [3.63, 3.8) is 0 Å². The first kappa shape index (κ1) is 41.8. The summed E-state index contributed by atoms with van der Waals surface area (Å²) in [6.45, 7) is 5.86. The van der Waals surface area contributed by atoms with Crippen LogP contribution < -0.4 is 0 Å². The molecule has 1 N–H and O–H groups in total. The van der Waals surface area contributed by atoms with Gasteiger partial charge in [0, 0.05) is 12.8 Å². The number of hydrogen-bond donors (Lipinski definition) is 1. The number of nitrogens with zero attached hydrogens (tertiary/aromatic N) is 1. The molecule has 0 amide bonds. The van der Waals surface area contributed by atoms with Crippen molar-refractivity contribution in [2.45, 2.75) is 141 Å². The first-order chi connectivity index (χ1) is 20.5. The fourth-order valence-electron chi connectivity index (χ4n) is 4.46. The highest BCUT2D eigenvalue weighted by molar-refractivity contribution is 7.47. The minimum atomic E-state index is -4.35. The maximum absolute atomic E-state index is 12.4. The Morgan fingerprint density at radius 2 is 1.23 bits per heavy atom. The van der Waals surface area contributed by atoms with Crippen LogP contribution in [0.15, 0.2) is 12.7 Å². The van der Waals surface area contributed by atoms with Gasteiger partial charge in [0.15, 0.2) is 6.10 Å². The maximum atomic E-state index is 12.4. The Balaban J connectivity index is 4.43. The first-order valence-electron chi connectivity index (χ1n) is 16.9. The fraction of sp³-hybridized carbons (Fsp3) is 0.879. The van der Waals surface area contributed by atoms with Crippen molar-refractivity contribution in [1.82, 2.24) is 0 Å². The molecule has 0 bridgehead atoms. The molecule has 0 saturated heterocycles. The average molecular weight is 635 g/mol. The van der Waals surface area contributed by atoms with Gasteiger partial charge >= 0.3 is 19.8 Å². The van der Waals surface area contributed by atoms with Crippen LogP contribution in [-0.4, -0.2) is 74.9 Å². The molecular weight excluding hydrogens is 569 g/mol. The summed E-state index contributed by atoms with van der Waals surface area (Å²) in [4.78, 5) is 34.8. The van der Waals surface area contributed by atoms with Gasteiger partial charge in [-0.25, -0.2) is 4.57 Å². The van der Waals surface area contributed by atoms with Crippen LogP contribution in [0.5, 0.6) is 0 Å². The second-order valence-corrected chi connectivity index (χ2v) is 14.1. The number of likely N-dealkylation sites (N-methyl/N-ethyl adjacent to an activating group) is 1. The van der Waals surface area contributed by atoms with Gasteiger partial charge in [-0.3, -0.25) is 18.6 Å². The highest BCUT2D eigenvalue weighted by Gasteiger charge is 2.27. The number of carbonyl (C=O) groups excluding carboxylic acids is 2. The highest BCUT2D eigenvalue weighted by Crippen LogP contribution is 2.43. The maximum Gasteiger partial charge on any atom is 0.472 e. The van der Waals surface area contributed by atoms with Gasteiger partial charge in [0.2, 0.25) is 0 Å². The molecule has 43 heavy (non-hydrogen) atoms. The van der Waals surface area contributed by atoms with Gasteiger partial charge in [-0.2, -0.15) is 0 Å². The van der Waals surface area contributed by atoms with Crippen LogP contribution in [0.1, 0.15) is 135 Å². The molecule has 9 nitrogen and oxygen atoms in total. The SMILES string of the molecule is C=CCCCCCCCC(=O)O[C@@H](COC(=O)CCCCCCCCCCCCCC)COP(=O)(O)OCC[N+](C)(C)C. The second-order valence-electron chi connectivity index (χ2n) is 12.6. The van der Waals surface area contributed by atoms with Crippen LogP contribution in [0.25, 0.3) is 0 Å². The summed E-state index contributed by atoms with van der Waals surface area (Å²) >= 11 is 0. The minimum Gasteiger partial charge on any atom is -0.462 e. The topological polar surface area (TPSA) is 108 Å². The number of allylic oxidation sites excluding steroid dienone is 1. The van der Waals surface area contributed by atoms with Crippen LogP contribution in [0.3, 0.4) is 0 Å². The predicted molar refractivity (Wildman–Crippen MR) is 174 cm³/mol. The summed E-state index contributed by atoms with van der Waals surface area (Å²) in [6.07, 6.45) is 21.8. The molecule has 10 heteroatoms. The molecule has 0 aromatic heterocycles. The van der Waals surface area contributed by atoms with Crippen LogP contribution in [0.4, 0.5) is 0 Å². The molecule has 0 aliphatic heterocycles. The Morgan fingerprint density at radius 3 is 1.74 bits per heavy atom. The summed E-state index contributed by atoms with van der Waals surface area (Å²) in [6, 6.07) is 0. The summed E-state index contributed by atoms with van der Waals surface area (Å²) in [5, 5.41) is 0. The lowest BCUT2D eigenvalue weighted by atomic mass is 10.0. The van der Waals surface area contributed by atoms with Gasteiger partial charge in [-0.1, -0.05) is 103 Å². The summed E-state index contributed by atoms with van der Waals surface area (Å²) < 4.78 is 33.9. The fourth-order valence-corrected chi connectivity index (χ4v) is 5.20. The van der Waals surface area contributed by atoms with Crippen LogP contribution >= 0.6 is 7.82 Å². The molecule has 0 fully saturated rings. The van der Waals surface area contributed by atoms with E-state index in [-0.39, 0.29) is 32.0 Å². The van der Waals surface area contributed by atoms with E-state index in [1.54, 1.807) is 0 Å². The van der Waals surface area contributed by atoms with Crippen LogP contribution in [0, 0.1) is 0 Å². The zero-order chi connectivity index (χ0) is 32.2. The molecule has 0 aliphatic rings. The van der Waals surface area contributed by atoms with Crippen molar-refractivity contribution < 1.29 is 42.1 Å². The Morgan fingerprint density at radius 1 is 0.744 bits per heavy atom. The van der Waals surface area contributed by atoms with Gasteiger partial charge in [-0.05, 0) is 25.7 Å². The summed E-state index contributed by atoms with van der Waals surface area (Å²) in [5.41, 5.74) is 0. The Bertz CT molecular complexity index is 756. The van der Waals surface area contributed by atoms with E-state index in [4.69, 9.17) is 18.5 Å². The number of ether oxygens (including phenoxy) is 2. The van der Waals surface area contributed by atoms with E-state index in [0.29, 0.717) is 17.4 Å². The molecule has 1 unspecified atom stereocenters. The van der Waals surface area contributed by atoms with Gasteiger partial charge in [-0.15, -0.1) is 6.58 Å². The number of phosphoric acid groups is 1. The molecular formula is C33H65NO8P+. The second kappa shape index (κ2) is 27.1. The van der Waals surface area contributed by atoms with Crippen molar-refractivity contribution in [3.8, 4) is 0 Å². The van der Waals surface area contributed by atoms with Crippen LogP contribution in [-0.2, 0) is 32.7 Å². The van der Waals surface area contributed by atoms with E-state index in [2.05, 4.69) is 13.5 Å². The number of rotatable bonds is 31. The van der Waals surface area contributed by atoms with Crippen molar-refractivity contribution in [3.05, 3.63) is 12.7 Å². The number of quaternary nitrogens is 1. The van der Waals surface area contributed by atoms with Gasteiger partial charge in [0.25, 0.3) is 0 Å². The molecule has 0 spiro atoms. The monoisotopic (exact) mass is 634 g/mol. The van der Waals surface area contributed by atoms with E-state index in [1.165, 1.54) is 57.8 Å². The quantitative estimate of drug-likeness (QED) is 0.0267. The number of esters is 2. The van der Waals surface area contributed by atoms with Crippen molar-refractivity contribution >= 4 is 19.8 Å². The van der Waals surface area contributed by atoms with Crippen molar-refractivity contribution in [2.75, 3.05) is 47.5 Å². The Kier molecular flexibility index (Phi) is 26.3. The molecule has 254 valence electrons. The third kappa shape index (κ3) is 30.6. The zero-order valence-electron chi connectivity index (χ0n) is 28.0. The van der Waals surface area contributed by atoms with Gasteiger partial charge in [0.05, 0.1) is 27.7 Å². The molecule has 0 radical (unpaired) electrons. The summed E-state index contributed by atoms with van der Waals surface area (Å²) in [5.74, 6) is -0.825. The van der Waals surface area contributed by atoms with Crippen molar-refractivity contribution in [2.24, 2.45) is 0 Å². The number of phosphoric ester groups is 1. The zero-order valence-corrected chi connectivity index (χ0v) is 28.9.